The zero-order valence-corrected chi connectivity index (χ0v) is 9.52. The van der Waals surface area contributed by atoms with Gasteiger partial charge in [0.25, 0.3) is 0 Å². The molecule has 2 aromatic rings. The first-order valence-electron chi connectivity index (χ1n) is 5.05. The number of anilines is 1. The molecule has 0 spiro atoms. The van der Waals surface area contributed by atoms with Crippen LogP contribution in [0.4, 0.5) is 5.82 Å². The van der Waals surface area contributed by atoms with Crippen molar-refractivity contribution in [3.63, 3.8) is 0 Å². The van der Waals surface area contributed by atoms with Crippen molar-refractivity contribution in [2.75, 3.05) is 5.32 Å². The quantitative estimate of drug-likeness (QED) is 0.851. The number of hydrogen-bond acceptors (Lipinski definition) is 4. The maximum atomic E-state index is 11.0. The predicted molar refractivity (Wildman–Crippen MR) is 64.0 cm³/mol. The summed E-state index contributed by atoms with van der Waals surface area (Å²) in [4.78, 5) is 12.1. The average Bonchev–Trinajstić information content (AvgIpc) is 2.98. The van der Waals surface area contributed by atoms with Crippen LogP contribution in [0, 0.1) is 0 Å². The molecule has 0 fully saturated rings. The average molecular weight is 247 g/mol. The Morgan fingerprint density at radius 1 is 1.53 bits per heavy atom. The van der Waals surface area contributed by atoms with Crippen molar-refractivity contribution in [3.8, 4) is 0 Å². The molecule has 5 nitrogen and oxygen atoms in total. The number of aromatic nitrogens is 2. The first-order chi connectivity index (χ1) is 8.25. The monoisotopic (exact) mass is 247 g/mol. The highest BCUT2D eigenvalue weighted by Crippen LogP contribution is 2.31. The Morgan fingerprint density at radius 3 is 3.12 bits per heavy atom. The Morgan fingerprint density at radius 2 is 2.41 bits per heavy atom. The zero-order chi connectivity index (χ0) is 11.8. The summed E-state index contributed by atoms with van der Waals surface area (Å²) in [5.74, 6) is -0.262. The van der Waals surface area contributed by atoms with E-state index in [1.54, 1.807) is 34.4 Å². The molecule has 0 saturated carbocycles. The molecule has 6 heteroatoms. The molecule has 3 rings (SSSR count). The fourth-order valence-electron chi connectivity index (χ4n) is 1.83. The molecule has 1 aliphatic heterocycles. The van der Waals surface area contributed by atoms with Crippen molar-refractivity contribution in [3.05, 3.63) is 46.4 Å². The lowest BCUT2D eigenvalue weighted by Crippen LogP contribution is -2.23. The number of thiophene rings is 1. The molecule has 2 N–H and O–H groups in total. The van der Waals surface area contributed by atoms with Crippen LogP contribution in [0.3, 0.4) is 0 Å². The van der Waals surface area contributed by atoms with Crippen LogP contribution >= 0.6 is 11.3 Å². The maximum Gasteiger partial charge on any atom is 0.352 e. The fourth-order valence-corrected chi connectivity index (χ4v) is 2.61. The molecular weight excluding hydrogens is 238 g/mol. The Kier molecular flexibility index (Phi) is 2.22. The summed E-state index contributed by atoms with van der Waals surface area (Å²) in [5, 5.41) is 18.1. The van der Waals surface area contributed by atoms with Gasteiger partial charge in [0.15, 0.2) is 0 Å². The number of rotatable bonds is 2. The predicted octanol–water partition coefficient (Wildman–Crippen LogP) is 1.93. The summed E-state index contributed by atoms with van der Waals surface area (Å²) >= 11 is 1.58. The molecule has 3 heterocycles. The van der Waals surface area contributed by atoms with Crippen molar-refractivity contribution in [1.29, 1.82) is 0 Å². The van der Waals surface area contributed by atoms with E-state index in [0.29, 0.717) is 5.82 Å². The highest BCUT2D eigenvalue weighted by Gasteiger charge is 2.24. The van der Waals surface area contributed by atoms with E-state index in [4.69, 9.17) is 5.11 Å². The molecule has 86 valence electrons. The van der Waals surface area contributed by atoms with E-state index in [1.807, 2.05) is 17.5 Å². The van der Waals surface area contributed by atoms with Crippen LogP contribution in [0.25, 0.3) is 0 Å². The van der Waals surface area contributed by atoms with Crippen molar-refractivity contribution in [1.82, 2.24) is 9.78 Å². The first-order valence-corrected chi connectivity index (χ1v) is 5.93. The van der Waals surface area contributed by atoms with E-state index < -0.39 is 5.97 Å². The lowest BCUT2D eigenvalue weighted by molar-refractivity contribution is -0.132. The molecule has 0 radical (unpaired) electrons. The van der Waals surface area contributed by atoms with Gasteiger partial charge in [-0.3, -0.25) is 0 Å². The summed E-state index contributed by atoms with van der Waals surface area (Å²) in [5.41, 5.74) is 0.191. The van der Waals surface area contributed by atoms with Gasteiger partial charge in [0.2, 0.25) is 0 Å². The van der Waals surface area contributed by atoms with E-state index in [0.717, 1.165) is 4.88 Å². The lowest BCUT2D eigenvalue weighted by Gasteiger charge is -2.22. The summed E-state index contributed by atoms with van der Waals surface area (Å²) in [6, 6.07) is 5.53. The van der Waals surface area contributed by atoms with Crippen LogP contribution in [0.5, 0.6) is 0 Å². The van der Waals surface area contributed by atoms with Crippen molar-refractivity contribution >= 4 is 23.1 Å². The third-order valence-corrected chi connectivity index (χ3v) is 3.53. The van der Waals surface area contributed by atoms with Gasteiger partial charge in [0, 0.05) is 10.9 Å². The number of allylic oxidation sites excluding steroid dienone is 1. The van der Waals surface area contributed by atoms with Gasteiger partial charge in [0.05, 0.1) is 6.20 Å². The van der Waals surface area contributed by atoms with Gasteiger partial charge >= 0.3 is 5.97 Å². The molecule has 0 bridgehead atoms. The minimum absolute atomic E-state index is 0.146. The Labute approximate surface area is 101 Å². The number of nitrogens with zero attached hydrogens (tertiary/aromatic N) is 2. The summed E-state index contributed by atoms with van der Waals surface area (Å²) < 4.78 is 1.78. The van der Waals surface area contributed by atoms with E-state index in [1.165, 1.54) is 0 Å². The van der Waals surface area contributed by atoms with E-state index in [9.17, 15) is 4.79 Å². The highest BCUT2D eigenvalue weighted by atomic mass is 32.1. The van der Waals surface area contributed by atoms with E-state index in [2.05, 4.69) is 10.4 Å². The number of carboxylic acid groups (broad SMARTS) is 1. The van der Waals surface area contributed by atoms with Gasteiger partial charge in [-0.05, 0) is 17.5 Å². The number of nitrogens with one attached hydrogen (secondary N) is 1. The highest BCUT2D eigenvalue weighted by molar-refractivity contribution is 7.10. The lowest BCUT2D eigenvalue weighted by atomic mass is 10.1. The van der Waals surface area contributed by atoms with Gasteiger partial charge in [-0.1, -0.05) is 6.07 Å². The Bertz CT molecular complexity index is 586. The van der Waals surface area contributed by atoms with Gasteiger partial charge in [0.1, 0.15) is 17.6 Å². The van der Waals surface area contributed by atoms with E-state index >= 15 is 0 Å². The van der Waals surface area contributed by atoms with Gasteiger partial charge in [-0.15, -0.1) is 11.3 Å². The number of carboxylic acids is 1. The summed E-state index contributed by atoms with van der Waals surface area (Å²) in [6.45, 7) is 0. The van der Waals surface area contributed by atoms with Crippen LogP contribution in [0.2, 0.25) is 0 Å². The number of hydrogen-bond donors (Lipinski definition) is 2. The minimum Gasteiger partial charge on any atom is -0.477 e. The summed E-state index contributed by atoms with van der Waals surface area (Å²) in [6.07, 6.45) is 3.33. The smallest absolute Gasteiger partial charge is 0.352 e. The Balaban J connectivity index is 2.10. The van der Waals surface area contributed by atoms with Crippen LogP contribution in [0.1, 0.15) is 10.9 Å². The topological polar surface area (TPSA) is 67.1 Å². The van der Waals surface area contributed by atoms with Crippen LogP contribution in [0.15, 0.2) is 41.5 Å². The molecule has 0 amide bonds. The van der Waals surface area contributed by atoms with Gasteiger partial charge < -0.3 is 10.4 Å². The van der Waals surface area contributed by atoms with Gasteiger partial charge in [-0.25, -0.2) is 9.48 Å². The van der Waals surface area contributed by atoms with Crippen molar-refractivity contribution in [2.45, 2.75) is 6.04 Å². The van der Waals surface area contributed by atoms with Crippen LogP contribution < -0.4 is 5.32 Å². The van der Waals surface area contributed by atoms with Crippen LogP contribution in [-0.2, 0) is 4.79 Å². The minimum atomic E-state index is -0.959. The Hall–Kier alpha value is -2.08. The first kappa shape index (κ1) is 10.1. The normalized spacial score (nSPS) is 18.1. The standard InChI is InChI=1S/C11H9N3O2S/c15-11(16)7-6-8(9-2-1-5-17-9)14-10(13-7)3-4-12-14/h1-6,8,13H,(H,15,16). The molecule has 17 heavy (non-hydrogen) atoms. The third-order valence-electron chi connectivity index (χ3n) is 2.59. The zero-order valence-electron chi connectivity index (χ0n) is 8.70. The maximum absolute atomic E-state index is 11.0. The molecule has 0 aliphatic carbocycles. The number of aliphatic carboxylic acids is 1. The van der Waals surface area contributed by atoms with E-state index in [-0.39, 0.29) is 11.7 Å². The fraction of sp³-hybridized carbons (Fsp3) is 0.0909. The van der Waals surface area contributed by atoms with Crippen molar-refractivity contribution < 1.29 is 9.90 Å². The summed E-state index contributed by atoms with van der Waals surface area (Å²) in [7, 11) is 0. The molecule has 1 aliphatic rings. The third kappa shape index (κ3) is 1.62. The molecule has 0 aromatic carbocycles. The van der Waals surface area contributed by atoms with Gasteiger partial charge in [-0.2, -0.15) is 5.10 Å². The molecule has 1 unspecified atom stereocenters. The molecule has 0 saturated heterocycles. The molecule has 1 atom stereocenters. The largest absolute Gasteiger partial charge is 0.477 e. The second kappa shape index (κ2) is 3.74. The number of carbonyl (C=O) groups is 1. The molecule has 2 aromatic heterocycles. The van der Waals surface area contributed by atoms with Crippen LogP contribution in [-0.4, -0.2) is 20.9 Å². The SMILES string of the molecule is O=C(O)C1=CC(c2cccs2)n2nccc2N1. The van der Waals surface area contributed by atoms with Crippen molar-refractivity contribution in [2.24, 2.45) is 0 Å². The second-order valence-electron chi connectivity index (χ2n) is 3.63. The second-order valence-corrected chi connectivity index (χ2v) is 4.61. The molecular formula is C11H9N3O2S. The number of fused-ring (bicyclic) bond motifs is 1.